The van der Waals surface area contributed by atoms with Gasteiger partial charge in [-0.3, -0.25) is 9.59 Å². The van der Waals surface area contributed by atoms with Gasteiger partial charge in [0.25, 0.3) is 0 Å². The number of urea groups is 1. The molecule has 0 aromatic carbocycles. The van der Waals surface area contributed by atoms with E-state index in [1.807, 2.05) is 0 Å². The summed E-state index contributed by atoms with van der Waals surface area (Å²) >= 11 is 0. The van der Waals surface area contributed by atoms with E-state index in [-0.39, 0.29) is 19.7 Å². The monoisotopic (exact) mass is 247 g/mol. The normalized spacial score (nSPS) is 9.76. The number of nitrogens with two attached hydrogens (primary N) is 1. The number of carboxylic acids is 1. The third-order valence-electron chi connectivity index (χ3n) is 1.88. The maximum atomic E-state index is 11.7. The van der Waals surface area contributed by atoms with Crippen LogP contribution in [0.4, 0.5) is 4.79 Å². The summed E-state index contributed by atoms with van der Waals surface area (Å²) < 4.78 is 4.77. The lowest BCUT2D eigenvalue weighted by Crippen LogP contribution is -2.47. The molecule has 98 valence electrons. The quantitative estimate of drug-likeness (QED) is 0.571. The summed E-state index contributed by atoms with van der Waals surface area (Å²) in [6.07, 6.45) is 0. The SMILES string of the molecule is COCCN(CC(=O)O)C(=O)N(C)CC(N)=O. The largest absolute Gasteiger partial charge is 0.480 e. The van der Waals surface area contributed by atoms with Crippen molar-refractivity contribution in [3.8, 4) is 0 Å². The van der Waals surface area contributed by atoms with E-state index in [9.17, 15) is 14.4 Å². The Labute approximate surface area is 98.9 Å². The minimum atomic E-state index is -1.14. The highest BCUT2D eigenvalue weighted by Crippen LogP contribution is 1.97. The summed E-state index contributed by atoms with van der Waals surface area (Å²) in [5.41, 5.74) is 4.94. The van der Waals surface area contributed by atoms with E-state index in [1.165, 1.54) is 14.2 Å². The van der Waals surface area contributed by atoms with Gasteiger partial charge in [-0.2, -0.15) is 0 Å². The number of amides is 3. The number of primary amides is 1. The van der Waals surface area contributed by atoms with Gasteiger partial charge in [0.15, 0.2) is 0 Å². The number of carbonyl (C=O) groups is 3. The van der Waals surface area contributed by atoms with E-state index in [0.717, 1.165) is 9.80 Å². The van der Waals surface area contributed by atoms with Crippen molar-refractivity contribution < 1.29 is 24.2 Å². The van der Waals surface area contributed by atoms with Gasteiger partial charge < -0.3 is 25.4 Å². The van der Waals surface area contributed by atoms with Crippen LogP contribution in [0, 0.1) is 0 Å². The number of aliphatic carboxylic acids is 1. The lowest BCUT2D eigenvalue weighted by atomic mass is 10.4. The maximum absolute atomic E-state index is 11.7. The highest BCUT2D eigenvalue weighted by atomic mass is 16.5. The number of carbonyl (C=O) groups excluding carboxylic acids is 2. The van der Waals surface area contributed by atoms with Gasteiger partial charge in [0.1, 0.15) is 13.1 Å². The smallest absolute Gasteiger partial charge is 0.323 e. The zero-order valence-corrected chi connectivity index (χ0v) is 9.88. The van der Waals surface area contributed by atoms with E-state index in [4.69, 9.17) is 15.6 Å². The molecule has 0 aliphatic rings. The molecule has 0 radical (unpaired) electrons. The Morgan fingerprint density at radius 2 is 1.88 bits per heavy atom. The van der Waals surface area contributed by atoms with E-state index in [2.05, 4.69) is 0 Å². The summed E-state index contributed by atoms with van der Waals surface area (Å²) in [7, 11) is 2.81. The van der Waals surface area contributed by atoms with Crippen LogP contribution in [0.15, 0.2) is 0 Å². The molecule has 0 aliphatic carbocycles. The number of hydrogen-bond donors (Lipinski definition) is 2. The molecule has 0 saturated carbocycles. The predicted octanol–water partition coefficient (Wildman–Crippen LogP) is -1.44. The summed E-state index contributed by atoms with van der Waals surface area (Å²) in [5, 5.41) is 8.65. The zero-order valence-electron chi connectivity index (χ0n) is 9.88. The summed E-state index contributed by atoms with van der Waals surface area (Å²) in [5.74, 6) is -1.80. The van der Waals surface area contributed by atoms with Crippen molar-refractivity contribution in [2.24, 2.45) is 5.73 Å². The third-order valence-corrected chi connectivity index (χ3v) is 1.88. The van der Waals surface area contributed by atoms with Crippen molar-refractivity contribution in [3.63, 3.8) is 0 Å². The van der Waals surface area contributed by atoms with Gasteiger partial charge in [0.05, 0.1) is 6.61 Å². The highest BCUT2D eigenvalue weighted by molar-refractivity contribution is 5.84. The number of rotatable bonds is 7. The number of hydrogen-bond acceptors (Lipinski definition) is 4. The fourth-order valence-corrected chi connectivity index (χ4v) is 1.15. The Morgan fingerprint density at radius 1 is 1.29 bits per heavy atom. The molecule has 0 aromatic rings. The summed E-state index contributed by atoms with van der Waals surface area (Å²) in [4.78, 5) is 35.1. The first-order chi connectivity index (χ1) is 7.88. The molecule has 3 amide bonds. The Bertz CT molecular complexity index is 294. The first-order valence-corrected chi connectivity index (χ1v) is 4.87. The standard InChI is InChI=1S/C9H17N3O5/c1-11(5-7(10)13)9(16)12(3-4-17-2)6-8(14)15/h3-6H2,1-2H3,(H2,10,13)(H,14,15). The topological polar surface area (TPSA) is 113 Å². The first kappa shape index (κ1) is 15.2. The lowest BCUT2D eigenvalue weighted by Gasteiger charge is -2.25. The number of nitrogens with zero attached hydrogens (tertiary/aromatic N) is 2. The fraction of sp³-hybridized carbons (Fsp3) is 0.667. The Balaban J connectivity index is 4.49. The number of methoxy groups -OCH3 is 1. The number of ether oxygens (including phenoxy) is 1. The third kappa shape index (κ3) is 6.36. The highest BCUT2D eigenvalue weighted by Gasteiger charge is 2.20. The van der Waals surface area contributed by atoms with Crippen LogP contribution < -0.4 is 5.73 Å². The van der Waals surface area contributed by atoms with Crippen molar-refractivity contribution in [3.05, 3.63) is 0 Å². The molecule has 17 heavy (non-hydrogen) atoms. The summed E-state index contributed by atoms with van der Waals surface area (Å²) in [6, 6.07) is -0.580. The van der Waals surface area contributed by atoms with E-state index >= 15 is 0 Å². The number of likely N-dealkylation sites (N-methyl/N-ethyl adjacent to an activating group) is 1. The fourth-order valence-electron chi connectivity index (χ4n) is 1.15. The summed E-state index contributed by atoms with van der Waals surface area (Å²) in [6.45, 7) is -0.374. The second-order valence-corrected chi connectivity index (χ2v) is 3.41. The molecule has 0 bridgehead atoms. The second kappa shape index (κ2) is 7.44. The zero-order chi connectivity index (χ0) is 13.4. The van der Waals surface area contributed by atoms with E-state index in [1.54, 1.807) is 0 Å². The molecular weight excluding hydrogens is 230 g/mol. The first-order valence-electron chi connectivity index (χ1n) is 4.87. The molecule has 3 N–H and O–H groups in total. The van der Waals surface area contributed by atoms with E-state index in [0.29, 0.717) is 0 Å². The van der Waals surface area contributed by atoms with Crippen LogP contribution in [0.2, 0.25) is 0 Å². The predicted molar refractivity (Wildman–Crippen MR) is 58.3 cm³/mol. The van der Waals surface area contributed by atoms with Crippen LogP contribution in [0.5, 0.6) is 0 Å². The van der Waals surface area contributed by atoms with Crippen molar-refractivity contribution in [2.45, 2.75) is 0 Å². The molecule has 0 fully saturated rings. The molecule has 0 rings (SSSR count). The number of carboxylic acid groups (broad SMARTS) is 1. The van der Waals surface area contributed by atoms with Gasteiger partial charge in [0.2, 0.25) is 5.91 Å². The van der Waals surface area contributed by atoms with Crippen molar-refractivity contribution in [1.29, 1.82) is 0 Å². The average molecular weight is 247 g/mol. The molecule has 0 aromatic heterocycles. The van der Waals surface area contributed by atoms with Gasteiger partial charge in [-0.15, -0.1) is 0 Å². The molecule has 0 saturated heterocycles. The van der Waals surface area contributed by atoms with Crippen LogP contribution in [0.3, 0.4) is 0 Å². The molecule has 0 spiro atoms. The van der Waals surface area contributed by atoms with Gasteiger partial charge in [0, 0.05) is 20.7 Å². The maximum Gasteiger partial charge on any atom is 0.323 e. The van der Waals surface area contributed by atoms with Gasteiger partial charge in [-0.1, -0.05) is 0 Å². The van der Waals surface area contributed by atoms with Crippen LogP contribution in [-0.2, 0) is 14.3 Å². The van der Waals surface area contributed by atoms with Crippen molar-refractivity contribution in [2.75, 3.05) is 40.4 Å². The molecule has 0 unspecified atom stereocenters. The van der Waals surface area contributed by atoms with Crippen LogP contribution in [0.1, 0.15) is 0 Å². The van der Waals surface area contributed by atoms with Crippen LogP contribution >= 0.6 is 0 Å². The van der Waals surface area contributed by atoms with Crippen molar-refractivity contribution >= 4 is 17.9 Å². The minimum Gasteiger partial charge on any atom is -0.480 e. The second-order valence-electron chi connectivity index (χ2n) is 3.41. The van der Waals surface area contributed by atoms with Gasteiger partial charge in [-0.05, 0) is 0 Å². The Kier molecular flexibility index (Phi) is 6.64. The molecular formula is C9H17N3O5. The van der Waals surface area contributed by atoms with E-state index < -0.39 is 24.5 Å². The van der Waals surface area contributed by atoms with Gasteiger partial charge in [-0.25, -0.2) is 4.79 Å². The Morgan fingerprint density at radius 3 is 2.29 bits per heavy atom. The molecule has 0 atom stereocenters. The van der Waals surface area contributed by atoms with Crippen LogP contribution in [0.25, 0.3) is 0 Å². The van der Waals surface area contributed by atoms with Gasteiger partial charge >= 0.3 is 12.0 Å². The molecule has 8 heteroatoms. The molecule has 0 aliphatic heterocycles. The molecule has 0 heterocycles. The molecule has 8 nitrogen and oxygen atoms in total. The average Bonchev–Trinajstić information content (AvgIpc) is 2.21. The Hall–Kier alpha value is -1.83. The van der Waals surface area contributed by atoms with Crippen LogP contribution in [-0.4, -0.2) is 73.2 Å². The van der Waals surface area contributed by atoms with Crippen molar-refractivity contribution in [1.82, 2.24) is 9.80 Å². The minimum absolute atomic E-state index is 0.130. The lowest BCUT2D eigenvalue weighted by molar-refractivity contribution is -0.137.